The Kier molecular flexibility index (Phi) is 5.42. The Labute approximate surface area is 128 Å². The number of hydrogen-bond donors (Lipinski definition) is 2. The van der Waals surface area contributed by atoms with E-state index in [1.807, 2.05) is 18.2 Å². The molecule has 1 atom stereocenters. The van der Waals surface area contributed by atoms with Crippen LogP contribution in [0.4, 0.5) is 0 Å². The van der Waals surface area contributed by atoms with Crippen molar-refractivity contribution in [1.29, 1.82) is 0 Å². The van der Waals surface area contributed by atoms with Crippen LogP contribution in [0.15, 0.2) is 22.7 Å². The number of benzene rings is 1. The lowest BCUT2D eigenvalue weighted by Gasteiger charge is -2.27. The third-order valence-corrected chi connectivity index (χ3v) is 5.10. The molecule has 0 saturated carbocycles. The standard InChI is InChI=1S/C13H19BrN2O3S/c1-2-16-20(17,18)8-6-15-12-5-7-19-13-4-3-10(14)9-11(12)13/h3-4,9,12,15-16H,2,5-8H2,1H3. The Balaban J connectivity index is 1.97. The molecule has 7 heteroatoms. The molecule has 0 bridgehead atoms. The summed E-state index contributed by atoms with van der Waals surface area (Å²) in [6.07, 6.45) is 0.838. The van der Waals surface area contributed by atoms with E-state index in [4.69, 9.17) is 4.74 Å². The smallest absolute Gasteiger partial charge is 0.212 e. The molecule has 1 aliphatic heterocycles. The quantitative estimate of drug-likeness (QED) is 0.809. The summed E-state index contributed by atoms with van der Waals surface area (Å²) in [5, 5.41) is 3.30. The summed E-state index contributed by atoms with van der Waals surface area (Å²) in [6.45, 7) is 3.27. The van der Waals surface area contributed by atoms with E-state index < -0.39 is 10.0 Å². The average Bonchev–Trinajstić information content (AvgIpc) is 2.39. The van der Waals surface area contributed by atoms with Crippen molar-refractivity contribution in [2.75, 3.05) is 25.4 Å². The van der Waals surface area contributed by atoms with Crippen molar-refractivity contribution in [1.82, 2.24) is 10.0 Å². The van der Waals surface area contributed by atoms with E-state index in [9.17, 15) is 8.42 Å². The molecule has 5 nitrogen and oxygen atoms in total. The zero-order chi connectivity index (χ0) is 14.6. The molecule has 0 aliphatic carbocycles. The molecule has 1 aliphatic rings. The van der Waals surface area contributed by atoms with Crippen LogP contribution < -0.4 is 14.8 Å². The van der Waals surface area contributed by atoms with Gasteiger partial charge in [0.25, 0.3) is 0 Å². The van der Waals surface area contributed by atoms with E-state index in [-0.39, 0.29) is 11.8 Å². The van der Waals surface area contributed by atoms with Gasteiger partial charge in [0.15, 0.2) is 0 Å². The second kappa shape index (κ2) is 6.89. The van der Waals surface area contributed by atoms with E-state index in [0.29, 0.717) is 19.7 Å². The Morgan fingerprint density at radius 2 is 2.25 bits per heavy atom. The molecule has 0 radical (unpaired) electrons. The van der Waals surface area contributed by atoms with Crippen molar-refractivity contribution in [2.24, 2.45) is 0 Å². The number of sulfonamides is 1. The molecule has 2 rings (SSSR count). The fourth-order valence-electron chi connectivity index (χ4n) is 2.24. The fraction of sp³-hybridized carbons (Fsp3) is 0.538. The summed E-state index contributed by atoms with van der Waals surface area (Å²) in [4.78, 5) is 0. The molecule has 1 aromatic rings. The van der Waals surface area contributed by atoms with Crippen LogP contribution >= 0.6 is 15.9 Å². The molecule has 20 heavy (non-hydrogen) atoms. The molecule has 0 fully saturated rings. The molecule has 1 heterocycles. The molecule has 2 N–H and O–H groups in total. The van der Waals surface area contributed by atoms with Gasteiger partial charge in [-0.2, -0.15) is 0 Å². The first-order valence-electron chi connectivity index (χ1n) is 6.65. The summed E-state index contributed by atoms with van der Waals surface area (Å²) in [6, 6.07) is 6.03. The van der Waals surface area contributed by atoms with Crippen LogP contribution in [0.2, 0.25) is 0 Å². The molecular weight excluding hydrogens is 344 g/mol. The molecular formula is C13H19BrN2O3S. The largest absolute Gasteiger partial charge is 0.493 e. The number of fused-ring (bicyclic) bond motifs is 1. The van der Waals surface area contributed by atoms with Gasteiger partial charge in [0.2, 0.25) is 10.0 Å². The summed E-state index contributed by atoms with van der Waals surface area (Å²) >= 11 is 3.45. The van der Waals surface area contributed by atoms with Crippen LogP contribution in [0.3, 0.4) is 0 Å². The second-order valence-electron chi connectivity index (χ2n) is 4.64. The van der Waals surface area contributed by atoms with Crippen LogP contribution in [-0.4, -0.2) is 33.9 Å². The van der Waals surface area contributed by atoms with Gasteiger partial charge in [-0.25, -0.2) is 13.1 Å². The van der Waals surface area contributed by atoms with Gasteiger partial charge < -0.3 is 10.1 Å². The SMILES string of the molecule is CCNS(=O)(=O)CCNC1CCOc2ccc(Br)cc21. The maximum atomic E-state index is 11.6. The zero-order valence-corrected chi connectivity index (χ0v) is 13.8. The minimum atomic E-state index is -3.17. The van der Waals surface area contributed by atoms with Gasteiger partial charge in [-0.3, -0.25) is 0 Å². The highest BCUT2D eigenvalue weighted by atomic mass is 79.9. The van der Waals surface area contributed by atoms with Gasteiger partial charge in [0, 0.05) is 35.6 Å². The number of hydrogen-bond acceptors (Lipinski definition) is 4. The van der Waals surface area contributed by atoms with Crippen molar-refractivity contribution < 1.29 is 13.2 Å². The van der Waals surface area contributed by atoms with Gasteiger partial charge >= 0.3 is 0 Å². The van der Waals surface area contributed by atoms with Gasteiger partial charge in [0.05, 0.1) is 12.4 Å². The second-order valence-corrected chi connectivity index (χ2v) is 7.48. The highest BCUT2D eigenvalue weighted by Crippen LogP contribution is 2.33. The molecule has 1 aromatic carbocycles. The van der Waals surface area contributed by atoms with Crippen LogP contribution in [-0.2, 0) is 10.0 Å². The monoisotopic (exact) mass is 362 g/mol. The Bertz CT molecular complexity index is 563. The third kappa shape index (κ3) is 4.18. The number of ether oxygens (including phenoxy) is 1. The minimum Gasteiger partial charge on any atom is -0.493 e. The van der Waals surface area contributed by atoms with E-state index in [1.165, 1.54) is 0 Å². The van der Waals surface area contributed by atoms with Crippen molar-refractivity contribution in [2.45, 2.75) is 19.4 Å². The van der Waals surface area contributed by atoms with Gasteiger partial charge in [-0.15, -0.1) is 0 Å². The summed E-state index contributed by atoms with van der Waals surface area (Å²) in [5.41, 5.74) is 1.08. The molecule has 0 saturated heterocycles. The van der Waals surface area contributed by atoms with Crippen LogP contribution in [0.1, 0.15) is 24.9 Å². The number of rotatable bonds is 6. The van der Waals surface area contributed by atoms with Crippen LogP contribution in [0.25, 0.3) is 0 Å². The molecule has 0 aromatic heterocycles. The molecule has 0 amide bonds. The summed E-state index contributed by atoms with van der Waals surface area (Å²) < 4.78 is 32.3. The normalized spacial score (nSPS) is 18.4. The van der Waals surface area contributed by atoms with Gasteiger partial charge in [-0.05, 0) is 18.2 Å². The van der Waals surface area contributed by atoms with Crippen LogP contribution in [0.5, 0.6) is 5.75 Å². The first kappa shape index (κ1) is 15.8. The molecule has 112 valence electrons. The maximum absolute atomic E-state index is 11.6. The lowest BCUT2D eigenvalue weighted by atomic mass is 10.0. The highest BCUT2D eigenvalue weighted by molar-refractivity contribution is 9.10. The Morgan fingerprint density at radius 1 is 1.45 bits per heavy atom. The maximum Gasteiger partial charge on any atom is 0.212 e. The van der Waals surface area contributed by atoms with E-state index >= 15 is 0 Å². The van der Waals surface area contributed by atoms with Crippen molar-refractivity contribution in [3.8, 4) is 5.75 Å². The number of nitrogens with one attached hydrogen (secondary N) is 2. The van der Waals surface area contributed by atoms with Gasteiger partial charge in [-0.1, -0.05) is 22.9 Å². The van der Waals surface area contributed by atoms with E-state index in [2.05, 4.69) is 26.0 Å². The zero-order valence-electron chi connectivity index (χ0n) is 11.4. The predicted molar refractivity (Wildman–Crippen MR) is 82.5 cm³/mol. The first-order valence-corrected chi connectivity index (χ1v) is 9.09. The number of halogens is 1. The van der Waals surface area contributed by atoms with E-state index in [1.54, 1.807) is 6.92 Å². The van der Waals surface area contributed by atoms with Crippen LogP contribution in [0, 0.1) is 0 Å². The first-order chi connectivity index (χ1) is 9.52. The Hall–Kier alpha value is -0.630. The average molecular weight is 363 g/mol. The lowest BCUT2D eigenvalue weighted by molar-refractivity contribution is 0.254. The van der Waals surface area contributed by atoms with Crippen molar-refractivity contribution in [3.05, 3.63) is 28.2 Å². The topological polar surface area (TPSA) is 67.4 Å². The van der Waals surface area contributed by atoms with Gasteiger partial charge in [0.1, 0.15) is 5.75 Å². The summed E-state index contributed by atoms with van der Waals surface area (Å²) in [7, 11) is -3.17. The molecule has 0 spiro atoms. The molecule has 1 unspecified atom stereocenters. The fourth-order valence-corrected chi connectivity index (χ4v) is 3.59. The lowest BCUT2D eigenvalue weighted by Crippen LogP contribution is -2.34. The summed E-state index contributed by atoms with van der Waals surface area (Å²) in [5.74, 6) is 0.952. The highest BCUT2D eigenvalue weighted by Gasteiger charge is 2.21. The van der Waals surface area contributed by atoms with Crippen molar-refractivity contribution >= 4 is 26.0 Å². The minimum absolute atomic E-state index is 0.0849. The van der Waals surface area contributed by atoms with E-state index in [0.717, 1.165) is 22.2 Å². The third-order valence-electron chi connectivity index (χ3n) is 3.14. The Morgan fingerprint density at radius 3 is 3.00 bits per heavy atom. The predicted octanol–water partition coefficient (Wildman–Crippen LogP) is 1.80. The van der Waals surface area contributed by atoms with Crippen molar-refractivity contribution in [3.63, 3.8) is 0 Å².